The van der Waals surface area contributed by atoms with Gasteiger partial charge in [-0.3, -0.25) is 14.4 Å². The molecule has 1 heterocycles. The Morgan fingerprint density at radius 3 is 2.64 bits per heavy atom. The maximum Gasteiger partial charge on any atom is 0.325 e. The van der Waals surface area contributed by atoms with Gasteiger partial charge in [0.2, 0.25) is 11.8 Å². The van der Waals surface area contributed by atoms with Crippen LogP contribution in [0.1, 0.15) is 25.3 Å². The Kier molecular flexibility index (Phi) is 5.52. The molecule has 1 aromatic carbocycles. The van der Waals surface area contributed by atoms with Crippen LogP contribution in [0.2, 0.25) is 0 Å². The Morgan fingerprint density at radius 1 is 1.32 bits per heavy atom. The van der Waals surface area contributed by atoms with Gasteiger partial charge in [-0.1, -0.05) is 30.3 Å². The number of hydrogen-bond donors (Lipinski definition) is 1. The summed E-state index contributed by atoms with van der Waals surface area (Å²) >= 11 is 0. The first kappa shape index (κ1) is 16.0. The first-order chi connectivity index (χ1) is 10.6. The summed E-state index contributed by atoms with van der Waals surface area (Å²) < 4.78 is 4.92. The fourth-order valence-corrected chi connectivity index (χ4v) is 2.40. The van der Waals surface area contributed by atoms with Crippen LogP contribution in [-0.2, 0) is 25.7 Å². The first-order valence-electron chi connectivity index (χ1n) is 7.38. The highest BCUT2D eigenvalue weighted by Crippen LogP contribution is 2.13. The van der Waals surface area contributed by atoms with Crippen LogP contribution in [-0.4, -0.2) is 41.9 Å². The van der Waals surface area contributed by atoms with Gasteiger partial charge in [-0.15, -0.1) is 0 Å². The van der Waals surface area contributed by atoms with Gasteiger partial charge < -0.3 is 15.0 Å². The van der Waals surface area contributed by atoms with E-state index in [0.29, 0.717) is 19.4 Å². The number of esters is 1. The monoisotopic (exact) mass is 304 g/mol. The van der Waals surface area contributed by atoms with E-state index < -0.39 is 12.0 Å². The lowest BCUT2D eigenvalue weighted by Crippen LogP contribution is -2.46. The van der Waals surface area contributed by atoms with Crippen molar-refractivity contribution in [3.8, 4) is 0 Å². The summed E-state index contributed by atoms with van der Waals surface area (Å²) in [5, 5.41) is 2.64. The Hall–Kier alpha value is -2.37. The molecule has 1 aliphatic heterocycles. The number of benzene rings is 1. The summed E-state index contributed by atoms with van der Waals surface area (Å²) in [6.07, 6.45) is 0.806. The molecule has 0 unspecified atom stereocenters. The summed E-state index contributed by atoms with van der Waals surface area (Å²) in [5.41, 5.74) is 0.921. The lowest BCUT2D eigenvalue weighted by Gasteiger charge is -2.24. The minimum absolute atomic E-state index is 0.117. The van der Waals surface area contributed by atoms with Crippen molar-refractivity contribution in [1.82, 2.24) is 10.2 Å². The Morgan fingerprint density at radius 2 is 2.05 bits per heavy atom. The fraction of sp³-hybridized carbons (Fsp3) is 0.438. The van der Waals surface area contributed by atoms with Crippen LogP contribution in [0.5, 0.6) is 0 Å². The van der Waals surface area contributed by atoms with Crippen molar-refractivity contribution >= 4 is 17.8 Å². The van der Waals surface area contributed by atoms with Gasteiger partial charge in [0.1, 0.15) is 12.6 Å². The largest absolute Gasteiger partial charge is 0.465 e. The number of nitrogens with one attached hydrogen (secondary N) is 1. The molecule has 0 bridgehead atoms. The second-order valence-corrected chi connectivity index (χ2v) is 5.14. The molecule has 1 N–H and O–H groups in total. The molecule has 118 valence electrons. The van der Waals surface area contributed by atoms with Crippen molar-refractivity contribution in [1.29, 1.82) is 0 Å². The number of carbonyl (C=O) groups excluding carboxylic acids is 3. The zero-order valence-corrected chi connectivity index (χ0v) is 12.6. The third kappa shape index (κ3) is 4.31. The summed E-state index contributed by atoms with van der Waals surface area (Å²) in [6, 6.07) is 8.86. The van der Waals surface area contributed by atoms with Gasteiger partial charge in [0.25, 0.3) is 0 Å². The van der Waals surface area contributed by atoms with Gasteiger partial charge in [-0.25, -0.2) is 0 Å². The van der Waals surface area contributed by atoms with Gasteiger partial charge in [0, 0.05) is 13.0 Å². The van der Waals surface area contributed by atoms with Crippen molar-refractivity contribution in [3.05, 3.63) is 35.9 Å². The molecule has 22 heavy (non-hydrogen) atoms. The zero-order valence-electron chi connectivity index (χ0n) is 12.6. The van der Waals surface area contributed by atoms with E-state index in [4.69, 9.17) is 4.74 Å². The second-order valence-electron chi connectivity index (χ2n) is 5.14. The summed E-state index contributed by atoms with van der Waals surface area (Å²) in [5.74, 6) is -0.826. The van der Waals surface area contributed by atoms with Crippen LogP contribution in [0.25, 0.3) is 0 Å². The minimum Gasteiger partial charge on any atom is -0.465 e. The van der Waals surface area contributed by atoms with Crippen molar-refractivity contribution < 1.29 is 19.1 Å². The quantitative estimate of drug-likeness (QED) is 0.791. The third-order valence-corrected chi connectivity index (χ3v) is 3.45. The van der Waals surface area contributed by atoms with E-state index in [0.717, 1.165) is 5.56 Å². The fourth-order valence-electron chi connectivity index (χ4n) is 2.40. The van der Waals surface area contributed by atoms with Crippen LogP contribution in [0, 0.1) is 0 Å². The van der Waals surface area contributed by atoms with Crippen LogP contribution in [0.15, 0.2) is 30.3 Å². The predicted molar refractivity (Wildman–Crippen MR) is 79.7 cm³/mol. The molecular weight excluding hydrogens is 284 g/mol. The average Bonchev–Trinajstić information content (AvgIpc) is 2.94. The molecule has 0 radical (unpaired) electrons. The second kappa shape index (κ2) is 7.59. The highest BCUT2D eigenvalue weighted by atomic mass is 16.5. The Labute approximate surface area is 129 Å². The molecule has 0 saturated carbocycles. The van der Waals surface area contributed by atoms with Crippen molar-refractivity contribution in [2.24, 2.45) is 0 Å². The first-order valence-corrected chi connectivity index (χ1v) is 7.38. The van der Waals surface area contributed by atoms with Gasteiger partial charge in [0.15, 0.2) is 0 Å². The van der Waals surface area contributed by atoms with E-state index in [1.807, 2.05) is 30.3 Å². The molecule has 1 saturated heterocycles. The number of hydrogen-bond acceptors (Lipinski definition) is 4. The van der Waals surface area contributed by atoms with Gasteiger partial charge >= 0.3 is 5.97 Å². The number of amides is 2. The molecule has 0 aliphatic carbocycles. The lowest BCUT2D eigenvalue weighted by atomic mass is 10.1. The van der Waals surface area contributed by atoms with Crippen molar-refractivity contribution in [3.63, 3.8) is 0 Å². The number of ether oxygens (including phenoxy) is 1. The van der Waals surface area contributed by atoms with Crippen LogP contribution in [0.4, 0.5) is 0 Å². The predicted octanol–water partition coefficient (Wildman–Crippen LogP) is 0.857. The Balaban J connectivity index is 2.08. The summed E-state index contributed by atoms with van der Waals surface area (Å²) in [4.78, 5) is 37.0. The third-order valence-electron chi connectivity index (χ3n) is 3.45. The average molecular weight is 304 g/mol. The standard InChI is InChI=1S/C16H20N2O4/c1-2-22-15(20)11-18(10-12-6-4-3-5-7-12)16(21)13-8-9-14(19)17-13/h3-7,13H,2,8-11H2,1H3,(H,17,19)/t13-/m0/s1. The van der Waals surface area contributed by atoms with E-state index in [9.17, 15) is 14.4 Å². The topological polar surface area (TPSA) is 75.7 Å². The maximum atomic E-state index is 12.5. The van der Waals surface area contributed by atoms with Crippen molar-refractivity contribution in [2.45, 2.75) is 32.4 Å². The molecule has 1 fully saturated rings. The zero-order chi connectivity index (χ0) is 15.9. The molecule has 2 amide bonds. The number of nitrogens with zero attached hydrogens (tertiary/aromatic N) is 1. The van der Waals surface area contributed by atoms with Gasteiger partial charge in [-0.05, 0) is 18.9 Å². The van der Waals surface area contributed by atoms with E-state index in [1.54, 1.807) is 6.92 Å². The van der Waals surface area contributed by atoms with Crippen molar-refractivity contribution in [2.75, 3.05) is 13.2 Å². The molecule has 0 spiro atoms. The summed E-state index contributed by atoms with van der Waals surface area (Å²) in [7, 11) is 0. The van der Waals surface area contributed by atoms with Crippen LogP contribution >= 0.6 is 0 Å². The number of rotatable bonds is 6. The van der Waals surface area contributed by atoms with Gasteiger partial charge in [-0.2, -0.15) is 0 Å². The maximum absolute atomic E-state index is 12.5. The van der Waals surface area contributed by atoms with Crippen LogP contribution < -0.4 is 5.32 Å². The Bertz CT molecular complexity index is 544. The highest BCUT2D eigenvalue weighted by molar-refractivity contribution is 5.92. The molecule has 1 atom stereocenters. The molecular formula is C16H20N2O4. The van der Waals surface area contributed by atoms with Crippen LogP contribution in [0.3, 0.4) is 0 Å². The molecule has 1 aromatic rings. The molecule has 6 heteroatoms. The SMILES string of the molecule is CCOC(=O)CN(Cc1ccccc1)C(=O)[C@@H]1CCC(=O)N1. The smallest absolute Gasteiger partial charge is 0.325 e. The molecule has 2 rings (SSSR count). The van der Waals surface area contributed by atoms with Gasteiger partial charge in [0.05, 0.1) is 6.61 Å². The minimum atomic E-state index is -0.550. The van der Waals surface area contributed by atoms with E-state index in [2.05, 4.69) is 5.32 Å². The van der Waals surface area contributed by atoms with E-state index in [1.165, 1.54) is 4.90 Å². The van der Waals surface area contributed by atoms with E-state index >= 15 is 0 Å². The highest BCUT2D eigenvalue weighted by Gasteiger charge is 2.31. The number of carbonyl (C=O) groups is 3. The lowest BCUT2D eigenvalue weighted by molar-refractivity contribution is -0.150. The molecule has 1 aliphatic rings. The van der Waals surface area contributed by atoms with E-state index in [-0.39, 0.29) is 25.0 Å². The molecule has 6 nitrogen and oxygen atoms in total. The summed E-state index contributed by atoms with van der Waals surface area (Å²) in [6.45, 7) is 2.18. The molecule has 0 aromatic heterocycles. The normalized spacial score (nSPS) is 17.0.